The number of rotatable bonds is 2. The zero-order valence-corrected chi connectivity index (χ0v) is 9.52. The Morgan fingerprint density at radius 3 is 3.06 bits per heavy atom. The minimum absolute atomic E-state index is 0.507. The maximum absolute atomic E-state index is 3.62. The molecule has 84 valence electrons. The highest BCUT2D eigenvalue weighted by Crippen LogP contribution is 2.29. The van der Waals surface area contributed by atoms with Crippen LogP contribution in [-0.4, -0.2) is 11.6 Å². The zero-order chi connectivity index (χ0) is 10.8. The summed E-state index contributed by atoms with van der Waals surface area (Å²) in [5, 5.41) is 2.23. The molecule has 0 amide bonds. The van der Waals surface area contributed by atoms with Gasteiger partial charge in [0, 0.05) is 12.7 Å². The molecule has 1 aliphatic heterocycles. The number of hydrogen-bond acceptors (Lipinski definition) is 2. The molecule has 0 saturated carbocycles. The highest BCUT2D eigenvalue weighted by atomic mass is 15.5. The second-order valence-electron chi connectivity index (χ2n) is 4.64. The minimum Gasteiger partial charge on any atom is -0.315 e. The van der Waals surface area contributed by atoms with Crippen molar-refractivity contribution >= 4 is 0 Å². The van der Waals surface area contributed by atoms with E-state index >= 15 is 0 Å². The van der Waals surface area contributed by atoms with Crippen molar-refractivity contribution in [3.05, 3.63) is 47.7 Å². The lowest BCUT2D eigenvalue weighted by Gasteiger charge is -2.30. The molecular weight excluding hydrogens is 196 g/mol. The quantitative estimate of drug-likeness (QED) is 0.814. The van der Waals surface area contributed by atoms with Crippen LogP contribution in [0.5, 0.6) is 0 Å². The number of hydrogen-bond donors (Lipinski definition) is 1. The van der Waals surface area contributed by atoms with Crippen LogP contribution in [0.3, 0.4) is 0 Å². The largest absolute Gasteiger partial charge is 0.315 e. The summed E-state index contributed by atoms with van der Waals surface area (Å²) in [6.45, 7) is 1.11. The van der Waals surface area contributed by atoms with Crippen LogP contribution < -0.4 is 5.43 Å². The van der Waals surface area contributed by atoms with E-state index in [-0.39, 0.29) is 0 Å². The van der Waals surface area contributed by atoms with Crippen LogP contribution in [-0.2, 0) is 6.42 Å². The first-order valence-electron chi connectivity index (χ1n) is 6.21. The Hall–Kier alpha value is -1.28. The van der Waals surface area contributed by atoms with Crippen LogP contribution in [0.1, 0.15) is 36.4 Å². The van der Waals surface area contributed by atoms with Crippen molar-refractivity contribution in [2.24, 2.45) is 0 Å². The lowest BCUT2D eigenvalue weighted by Crippen LogP contribution is -2.36. The van der Waals surface area contributed by atoms with Gasteiger partial charge in [-0.1, -0.05) is 30.3 Å². The Kier molecular flexibility index (Phi) is 2.66. The molecule has 1 aliphatic carbocycles. The second kappa shape index (κ2) is 4.30. The molecule has 1 heterocycles. The van der Waals surface area contributed by atoms with Crippen LogP contribution in [0.4, 0.5) is 0 Å². The summed E-state index contributed by atoms with van der Waals surface area (Å²) in [5.74, 6) is 0. The van der Waals surface area contributed by atoms with Crippen LogP contribution in [0, 0.1) is 0 Å². The van der Waals surface area contributed by atoms with E-state index in [2.05, 4.69) is 47.0 Å². The number of nitrogens with zero attached hydrogens (tertiary/aromatic N) is 1. The fraction of sp³-hybridized carbons (Fsp3) is 0.429. The predicted octanol–water partition coefficient (Wildman–Crippen LogP) is 2.79. The number of fused-ring (bicyclic) bond motifs is 1. The molecule has 1 unspecified atom stereocenters. The van der Waals surface area contributed by atoms with Crippen molar-refractivity contribution in [3.8, 4) is 0 Å². The van der Waals surface area contributed by atoms with Gasteiger partial charge in [-0.05, 0) is 36.8 Å². The smallest absolute Gasteiger partial charge is 0.0514 e. The summed E-state index contributed by atoms with van der Waals surface area (Å²) in [6, 6.07) is 9.34. The lowest BCUT2D eigenvalue weighted by molar-refractivity contribution is 0.231. The molecule has 1 aromatic rings. The van der Waals surface area contributed by atoms with E-state index in [9.17, 15) is 0 Å². The van der Waals surface area contributed by atoms with Gasteiger partial charge in [-0.3, -0.25) is 0 Å². The number of benzene rings is 1. The number of hydrazine groups is 1. The first-order valence-corrected chi connectivity index (χ1v) is 6.21. The third-order valence-corrected chi connectivity index (χ3v) is 3.51. The highest BCUT2D eigenvalue weighted by Gasteiger charge is 2.21. The molecule has 0 aromatic heterocycles. The molecule has 0 saturated heterocycles. The topological polar surface area (TPSA) is 15.3 Å². The fourth-order valence-electron chi connectivity index (χ4n) is 2.69. The van der Waals surface area contributed by atoms with Gasteiger partial charge in [0.25, 0.3) is 0 Å². The molecule has 2 nitrogen and oxygen atoms in total. The van der Waals surface area contributed by atoms with E-state index in [1.165, 1.54) is 36.8 Å². The molecule has 1 aromatic carbocycles. The van der Waals surface area contributed by atoms with E-state index in [1.807, 2.05) is 0 Å². The molecule has 2 heteroatoms. The van der Waals surface area contributed by atoms with Crippen LogP contribution in [0.25, 0.3) is 0 Å². The molecule has 0 spiro atoms. The monoisotopic (exact) mass is 214 g/mol. The molecule has 3 rings (SSSR count). The normalized spacial score (nSPS) is 23.5. The molecule has 1 N–H and O–H groups in total. The molecule has 0 bridgehead atoms. The summed E-state index contributed by atoms with van der Waals surface area (Å²) in [7, 11) is 0. The van der Waals surface area contributed by atoms with Crippen molar-refractivity contribution < 1.29 is 0 Å². The maximum atomic E-state index is 3.62. The summed E-state index contributed by atoms with van der Waals surface area (Å²) < 4.78 is 0. The average Bonchev–Trinajstić information content (AvgIpc) is 2.82. The van der Waals surface area contributed by atoms with Gasteiger partial charge in [0.15, 0.2) is 0 Å². The van der Waals surface area contributed by atoms with Gasteiger partial charge in [0.2, 0.25) is 0 Å². The van der Waals surface area contributed by atoms with Crippen molar-refractivity contribution in [1.29, 1.82) is 0 Å². The SMILES string of the molecule is C1=CN(NC2CCCc3ccccc32)CC1. The van der Waals surface area contributed by atoms with E-state index in [1.54, 1.807) is 0 Å². The molecule has 0 radical (unpaired) electrons. The van der Waals surface area contributed by atoms with Gasteiger partial charge in [-0.15, -0.1) is 0 Å². The van der Waals surface area contributed by atoms with Crippen molar-refractivity contribution in [2.45, 2.75) is 31.7 Å². The van der Waals surface area contributed by atoms with E-state index in [0.717, 1.165) is 6.54 Å². The predicted molar refractivity (Wildman–Crippen MR) is 65.7 cm³/mol. The van der Waals surface area contributed by atoms with Crippen molar-refractivity contribution in [3.63, 3.8) is 0 Å². The third-order valence-electron chi connectivity index (χ3n) is 3.51. The second-order valence-corrected chi connectivity index (χ2v) is 4.64. The van der Waals surface area contributed by atoms with Gasteiger partial charge in [0.05, 0.1) is 6.04 Å². The molecule has 2 aliphatic rings. The molecule has 16 heavy (non-hydrogen) atoms. The first-order chi connectivity index (χ1) is 7.93. The maximum Gasteiger partial charge on any atom is 0.0514 e. The van der Waals surface area contributed by atoms with E-state index in [0.29, 0.717) is 6.04 Å². The summed E-state index contributed by atoms with van der Waals surface area (Å²) in [6.07, 6.45) is 9.35. The Morgan fingerprint density at radius 1 is 1.25 bits per heavy atom. The third kappa shape index (κ3) is 1.85. The number of aryl methyl sites for hydroxylation is 1. The highest BCUT2D eigenvalue weighted by molar-refractivity contribution is 5.32. The van der Waals surface area contributed by atoms with E-state index in [4.69, 9.17) is 0 Å². The van der Waals surface area contributed by atoms with Crippen LogP contribution >= 0.6 is 0 Å². The zero-order valence-electron chi connectivity index (χ0n) is 9.52. The summed E-state index contributed by atoms with van der Waals surface area (Å²) >= 11 is 0. The van der Waals surface area contributed by atoms with Crippen LogP contribution in [0.15, 0.2) is 36.5 Å². The van der Waals surface area contributed by atoms with Gasteiger partial charge < -0.3 is 5.01 Å². The Morgan fingerprint density at radius 2 is 2.19 bits per heavy atom. The fourth-order valence-corrected chi connectivity index (χ4v) is 2.69. The Labute approximate surface area is 96.9 Å². The van der Waals surface area contributed by atoms with Gasteiger partial charge in [-0.2, -0.15) is 0 Å². The average molecular weight is 214 g/mol. The molecular formula is C14H18N2. The Balaban J connectivity index is 1.79. The Bertz CT molecular complexity index is 397. The van der Waals surface area contributed by atoms with Gasteiger partial charge in [-0.25, -0.2) is 5.43 Å². The van der Waals surface area contributed by atoms with Crippen molar-refractivity contribution in [2.75, 3.05) is 6.54 Å². The van der Waals surface area contributed by atoms with Crippen LogP contribution in [0.2, 0.25) is 0 Å². The molecule has 0 fully saturated rings. The summed E-state index contributed by atoms with van der Waals surface area (Å²) in [5.41, 5.74) is 6.64. The van der Waals surface area contributed by atoms with Gasteiger partial charge >= 0.3 is 0 Å². The minimum atomic E-state index is 0.507. The lowest BCUT2D eigenvalue weighted by atomic mass is 9.88. The first kappa shape index (κ1) is 9.91. The number of nitrogens with one attached hydrogen (secondary N) is 1. The molecule has 1 atom stereocenters. The summed E-state index contributed by atoms with van der Waals surface area (Å²) in [4.78, 5) is 0. The standard InChI is InChI=1S/C14H18N2/c1-2-8-13-12(6-1)7-5-9-14(13)15-16-10-3-4-11-16/h1-3,6,8,10,14-15H,4-5,7,9,11H2. The van der Waals surface area contributed by atoms with E-state index < -0.39 is 0 Å². The van der Waals surface area contributed by atoms with Gasteiger partial charge in [0.1, 0.15) is 0 Å². The van der Waals surface area contributed by atoms with Crippen molar-refractivity contribution in [1.82, 2.24) is 10.4 Å².